The van der Waals surface area contributed by atoms with Gasteiger partial charge in [0.05, 0.1) is 29.3 Å². The lowest BCUT2D eigenvalue weighted by atomic mass is 10.2. The Kier molecular flexibility index (Phi) is 4.24. The molecule has 0 amide bonds. The van der Waals surface area contributed by atoms with E-state index in [1.165, 1.54) is 24.2 Å². The molecule has 5 nitrogen and oxygen atoms in total. The number of thioether (sulfide) groups is 2. The van der Waals surface area contributed by atoms with Crippen LogP contribution in [0.4, 0.5) is 0 Å². The van der Waals surface area contributed by atoms with Crippen molar-refractivity contribution in [2.24, 2.45) is 0 Å². The van der Waals surface area contributed by atoms with E-state index in [9.17, 15) is 4.79 Å². The summed E-state index contributed by atoms with van der Waals surface area (Å²) in [5.41, 5.74) is 4.47. The van der Waals surface area contributed by atoms with Gasteiger partial charge in [-0.1, -0.05) is 11.8 Å². The molecule has 2 heterocycles. The fraction of sp³-hybridized carbons (Fsp3) is 0.562. The van der Waals surface area contributed by atoms with Gasteiger partial charge in [-0.2, -0.15) is 0 Å². The van der Waals surface area contributed by atoms with Crippen molar-refractivity contribution in [2.75, 3.05) is 6.26 Å². The van der Waals surface area contributed by atoms with Crippen LogP contribution in [0.2, 0.25) is 0 Å². The monoisotopic (exact) mass is 348 g/mol. The summed E-state index contributed by atoms with van der Waals surface area (Å²) in [6, 6.07) is 0. The molecular formula is C16H20N4OS2. The van der Waals surface area contributed by atoms with Gasteiger partial charge in [-0.05, 0) is 38.4 Å². The molecule has 2 aliphatic rings. The molecule has 0 radical (unpaired) electrons. The lowest BCUT2D eigenvalue weighted by Crippen LogP contribution is -2.15. The van der Waals surface area contributed by atoms with E-state index in [1.54, 1.807) is 23.5 Å². The van der Waals surface area contributed by atoms with Gasteiger partial charge in [0.1, 0.15) is 0 Å². The maximum Gasteiger partial charge on any atom is 0.254 e. The summed E-state index contributed by atoms with van der Waals surface area (Å²) in [6.45, 7) is 0. The van der Waals surface area contributed by atoms with E-state index >= 15 is 0 Å². The van der Waals surface area contributed by atoms with E-state index in [0.29, 0.717) is 5.92 Å². The van der Waals surface area contributed by atoms with Gasteiger partial charge >= 0.3 is 0 Å². The predicted molar refractivity (Wildman–Crippen MR) is 94.2 cm³/mol. The third kappa shape index (κ3) is 3.08. The van der Waals surface area contributed by atoms with Gasteiger partial charge in [0.25, 0.3) is 5.56 Å². The van der Waals surface area contributed by atoms with Crippen LogP contribution in [0.25, 0.3) is 0 Å². The molecule has 0 aromatic carbocycles. The van der Waals surface area contributed by atoms with Crippen molar-refractivity contribution in [1.29, 1.82) is 0 Å². The first-order valence-corrected chi connectivity index (χ1v) is 10.4. The van der Waals surface area contributed by atoms with Gasteiger partial charge < -0.3 is 9.55 Å². The second kappa shape index (κ2) is 6.36. The average molecular weight is 348 g/mol. The number of nitrogens with one attached hydrogen (secondary N) is 1. The predicted octanol–water partition coefficient (Wildman–Crippen LogP) is 2.95. The topological polar surface area (TPSA) is 63.6 Å². The van der Waals surface area contributed by atoms with E-state index in [-0.39, 0.29) is 5.56 Å². The van der Waals surface area contributed by atoms with E-state index in [0.717, 1.165) is 47.3 Å². The number of nitrogens with zero attached hydrogens (tertiary/aromatic N) is 3. The number of imidazole rings is 1. The van der Waals surface area contributed by atoms with E-state index in [1.807, 2.05) is 6.33 Å². The number of hydrogen-bond donors (Lipinski definition) is 1. The smallest absolute Gasteiger partial charge is 0.254 e. The Morgan fingerprint density at radius 1 is 1.39 bits per heavy atom. The minimum absolute atomic E-state index is 0.0510. The first-order chi connectivity index (χ1) is 11.3. The van der Waals surface area contributed by atoms with Crippen LogP contribution in [0.15, 0.2) is 16.3 Å². The molecule has 1 fully saturated rings. The molecule has 7 heteroatoms. The van der Waals surface area contributed by atoms with Crippen LogP contribution < -0.4 is 5.56 Å². The first-order valence-electron chi connectivity index (χ1n) is 8.04. The van der Waals surface area contributed by atoms with Crippen LogP contribution in [0.1, 0.15) is 47.8 Å². The molecule has 4 rings (SSSR count). The van der Waals surface area contributed by atoms with Crippen molar-refractivity contribution in [1.82, 2.24) is 19.5 Å². The maximum absolute atomic E-state index is 12.1. The zero-order valence-electron chi connectivity index (χ0n) is 13.2. The lowest BCUT2D eigenvalue weighted by molar-refractivity contribution is 0.835. The molecule has 0 spiro atoms. The zero-order valence-corrected chi connectivity index (χ0v) is 14.8. The van der Waals surface area contributed by atoms with Gasteiger partial charge in [0.15, 0.2) is 5.16 Å². The van der Waals surface area contributed by atoms with Crippen molar-refractivity contribution in [3.63, 3.8) is 0 Å². The van der Waals surface area contributed by atoms with Crippen LogP contribution in [0, 0.1) is 0 Å². The summed E-state index contributed by atoms with van der Waals surface area (Å²) in [6.07, 6.45) is 9.42. The second-order valence-electron chi connectivity index (χ2n) is 6.18. The molecule has 0 atom stereocenters. The number of hydrogen-bond acceptors (Lipinski definition) is 5. The third-order valence-corrected chi connectivity index (χ3v) is 5.90. The summed E-state index contributed by atoms with van der Waals surface area (Å²) < 4.78 is 2.23. The lowest BCUT2D eigenvalue weighted by Gasteiger charge is -2.09. The first kappa shape index (κ1) is 15.3. The molecule has 2 aromatic heterocycles. The number of rotatable bonds is 6. The van der Waals surface area contributed by atoms with Crippen LogP contribution in [0.5, 0.6) is 0 Å². The Labute approximate surface area is 143 Å². The standard InChI is InChI=1S/C16H20N4OS2/c1-22-9-20-8-17-14(10-5-6-10)13(20)7-23-16-18-12-4-2-3-11(12)15(21)19-16/h8,10H,2-7,9H2,1H3,(H,18,19,21). The molecule has 0 saturated heterocycles. The van der Waals surface area contributed by atoms with Crippen LogP contribution in [0.3, 0.4) is 0 Å². The number of aryl methyl sites for hydroxylation is 1. The Morgan fingerprint density at radius 2 is 2.26 bits per heavy atom. The van der Waals surface area contributed by atoms with Gasteiger partial charge in [-0.15, -0.1) is 11.8 Å². The minimum atomic E-state index is 0.0510. The molecule has 1 saturated carbocycles. The SMILES string of the molecule is CSCn1cnc(C2CC2)c1CSc1nc2c(c(=O)[nH]1)CCC2. The van der Waals surface area contributed by atoms with Crippen LogP contribution in [-0.4, -0.2) is 25.8 Å². The van der Waals surface area contributed by atoms with E-state index < -0.39 is 0 Å². The highest BCUT2D eigenvalue weighted by Gasteiger charge is 2.29. The van der Waals surface area contributed by atoms with Crippen molar-refractivity contribution in [2.45, 2.75) is 54.8 Å². The normalized spacial score (nSPS) is 16.7. The number of aromatic nitrogens is 4. The van der Waals surface area contributed by atoms with Crippen molar-refractivity contribution in [3.8, 4) is 0 Å². The number of H-pyrrole nitrogens is 1. The average Bonchev–Trinajstić information content (AvgIpc) is 3.13. The maximum atomic E-state index is 12.1. The molecule has 122 valence electrons. The summed E-state index contributed by atoms with van der Waals surface area (Å²) in [4.78, 5) is 24.3. The molecule has 2 aliphatic carbocycles. The summed E-state index contributed by atoms with van der Waals surface area (Å²) in [5.74, 6) is 2.37. The molecule has 0 bridgehead atoms. The molecule has 2 aromatic rings. The van der Waals surface area contributed by atoms with Crippen molar-refractivity contribution >= 4 is 23.5 Å². The number of fused-ring (bicyclic) bond motifs is 1. The molecule has 1 N–H and O–H groups in total. The molecule has 0 unspecified atom stereocenters. The Bertz CT molecular complexity index is 779. The van der Waals surface area contributed by atoms with E-state index in [4.69, 9.17) is 0 Å². The fourth-order valence-corrected chi connectivity index (χ4v) is 4.58. The Morgan fingerprint density at radius 3 is 3.04 bits per heavy atom. The highest BCUT2D eigenvalue weighted by Crippen LogP contribution is 2.42. The van der Waals surface area contributed by atoms with Crippen molar-refractivity contribution in [3.05, 3.63) is 39.3 Å². The van der Waals surface area contributed by atoms with Gasteiger partial charge in [0, 0.05) is 17.2 Å². The Balaban J connectivity index is 1.56. The van der Waals surface area contributed by atoms with Crippen molar-refractivity contribution < 1.29 is 0 Å². The van der Waals surface area contributed by atoms with Crippen LogP contribution in [-0.2, 0) is 24.5 Å². The number of aromatic amines is 1. The molecule has 23 heavy (non-hydrogen) atoms. The van der Waals surface area contributed by atoms with E-state index in [2.05, 4.69) is 25.8 Å². The van der Waals surface area contributed by atoms with Gasteiger partial charge in [-0.25, -0.2) is 9.97 Å². The highest BCUT2D eigenvalue weighted by atomic mass is 32.2. The second-order valence-corrected chi connectivity index (χ2v) is 7.98. The quantitative estimate of drug-likeness (QED) is 0.642. The van der Waals surface area contributed by atoms with Gasteiger partial charge in [-0.3, -0.25) is 4.79 Å². The minimum Gasteiger partial charge on any atom is -0.324 e. The summed E-state index contributed by atoms with van der Waals surface area (Å²) in [7, 11) is 0. The highest BCUT2D eigenvalue weighted by molar-refractivity contribution is 7.98. The fourth-order valence-electron chi connectivity index (χ4n) is 3.15. The molecular weight excluding hydrogens is 328 g/mol. The summed E-state index contributed by atoms with van der Waals surface area (Å²) in [5, 5.41) is 0.745. The van der Waals surface area contributed by atoms with Gasteiger partial charge in [0.2, 0.25) is 0 Å². The molecule has 0 aliphatic heterocycles. The van der Waals surface area contributed by atoms with Crippen LogP contribution >= 0.6 is 23.5 Å². The summed E-state index contributed by atoms with van der Waals surface area (Å²) >= 11 is 3.42. The zero-order chi connectivity index (χ0) is 15.8. The Hall–Kier alpha value is -1.21. The third-order valence-electron chi connectivity index (χ3n) is 4.48. The largest absolute Gasteiger partial charge is 0.324 e.